The second-order valence-corrected chi connectivity index (χ2v) is 6.83. The predicted octanol–water partition coefficient (Wildman–Crippen LogP) is 1.15. The number of carbonyl (C=O) groups excluding carboxylic acids is 3. The van der Waals surface area contributed by atoms with Crippen LogP contribution in [0.25, 0.3) is 0 Å². The molecular formula is C17H19N5O4S. The van der Waals surface area contributed by atoms with Crippen molar-refractivity contribution in [3.05, 3.63) is 41.2 Å². The third-order valence-electron chi connectivity index (χ3n) is 4.12. The highest BCUT2D eigenvalue weighted by atomic mass is 32.2. The Kier molecular flexibility index (Phi) is 5.84. The summed E-state index contributed by atoms with van der Waals surface area (Å²) >= 11 is 1.35. The first kappa shape index (κ1) is 19.0. The van der Waals surface area contributed by atoms with Crippen molar-refractivity contribution in [2.75, 3.05) is 12.0 Å². The van der Waals surface area contributed by atoms with Gasteiger partial charge < -0.3 is 4.74 Å². The maximum atomic E-state index is 12.7. The third kappa shape index (κ3) is 3.70. The fourth-order valence-electron chi connectivity index (χ4n) is 2.84. The molecule has 0 saturated carbocycles. The first-order valence-electron chi connectivity index (χ1n) is 8.46. The topological polar surface area (TPSA) is 107 Å². The van der Waals surface area contributed by atoms with Crippen LogP contribution in [0.4, 0.5) is 0 Å². The van der Waals surface area contributed by atoms with E-state index in [2.05, 4.69) is 15.5 Å². The van der Waals surface area contributed by atoms with Gasteiger partial charge in [0.2, 0.25) is 0 Å². The van der Waals surface area contributed by atoms with E-state index in [9.17, 15) is 14.4 Å². The predicted molar refractivity (Wildman–Crippen MR) is 97.0 cm³/mol. The maximum absolute atomic E-state index is 12.7. The summed E-state index contributed by atoms with van der Waals surface area (Å²) in [5, 5.41) is 11.3. The van der Waals surface area contributed by atoms with Gasteiger partial charge in [0.1, 0.15) is 6.04 Å². The van der Waals surface area contributed by atoms with Gasteiger partial charge in [-0.1, -0.05) is 19.1 Å². The number of aryl methyl sites for hydroxylation is 1. The minimum absolute atomic E-state index is 0.125. The monoisotopic (exact) mass is 389 g/mol. The molecule has 27 heavy (non-hydrogen) atoms. The fraction of sp³-hybridized carbons (Fsp3) is 0.412. The molecule has 142 valence electrons. The average Bonchev–Trinajstić information content (AvgIpc) is 3.22. The number of esters is 1. The molecule has 0 saturated heterocycles. The summed E-state index contributed by atoms with van der Waals surface area (Å²) in [5.41, 5.74) is 0.599. The molecule has 1 aromatic heterocycles. The van der Waals surface area contributed by atoms with Crippen molar-refractivity contribution < 1.29 is 19.1 Å². The summed E-state index contributed by atoms with van der Waals surface area (Å²) in [7, 11) is 0. The highest BCUT2D eigenvalue weighted by molar-refractivity contribution is 7.98. The number of ether oxygens (including phenoxy) is 1. The van der Waals surface area contributed by atoms with Gasteiger partial charge in [0.15, 0.2) is 12.4 Å². The van der Waals surface area contributed by atoms with E-state index in [0.717, 1.165) is 11.3 Å². The van der Waals surface area contributed by atoms with Gasteiger partial charge in [-0.3, -0.25) is 14.5 Å². The number of carbonyl (C=O) groups is 3. The van der Waals surface area contributed by atoms with Gasteiger partial charge >= 0.3 is 5.97 Å². The molecule has 0 unspecified atom stereocenters. The van der Waals surface area contributed by atoms with Crippen molar-refractivity contribution in [1.29, 1.82) is 0 Å². The van der Waals surface area contributed by atoms with Crippen LogP contribution in [0.3, 0.4) is 0 Å². The molecule has 0 N–H and O–H groups in total. The Morgan fingerprint density at radius 3 is 2.48 bits per heavy atom. The summed E-state index contributed by atoms with van der Waals surface area (Å²) in [5.74, 6) is -0.977. The Morgan fingerprint density at radius 2 is 1.89 bits per heavy atom. The van der Waals surface area contributed by atoms with Crippen molar-refractivity contribution in [2.24, 2.45) is 0 Å². The van der Waals surface area contributed by atoms with Gasteiger partial charge in [0.25, 0.3) is 11.8 Å². The van der Waals surface area contributed by atoms with Gasteiger partial charge in [0.05, 0.1) is 11.1 Å². The van der Waals surface area contributed by atoms with E-state index in [1.165, 1.54) is 11.8 Å². The Bertz CT molecular complexity index is 834. The molecule has 3 rings (SSSR count). The second-order valence-electron chi connectivity index (χ2n) is 5.92. The fourth-order valence-corrected chi connectivity index (χ4v) is 3.44. The molecular weight excluding hydrogens is 370 g/mol. The quantitative estimate of drug-likeness (QED) is 0.489. The lowest BCUT2D eigenvalue weighted by molar-refractivity contribution is -0.149. The molecule has 0 radical (unpaired) electrons. The van der Waals surface area contributed by atoms with Crippen LogP contribution in [0.5, 0.6) is 0 Å². The van der Waals surface area contributed by atoms with Crippen molar-refractivity contribution >= 4 is 29.5 Å². The highest BCUT2D eigenvalue weighted by Gasteiger charge is 2.43. The Hall–Kier alpha value is -2.75. The van der Waals surface area contributed by atoms with E-state index in [1.807, 2.05) is 6.92 Å². The number of amides is 2. The maximum Gasteiger partial charge on any atom is 0.330 e. The Morgan fingerprint density at radius 1 is 1.22 bits per heavy atom. The van der Waals surface area contributed by atoms with Crippen LogP contribution in [-0.4, -0.2) is 60.9 Å². The second kappa shape index (κ2) is 8.30. The van der Waals surface area contributed by atoms with Crippen LogP contribution >= 0.6 is 11.8 Å². The zero-order valence-corrected chi connectivity index (χ0v) is 15.8. The molecule has 0 aliphatic carbocycles. The van der Waals surface area contributed by atoms with Crippen LogP contribution in [0.15, 0.2) is 24.3 Å². The van der Waals surface area contributed by atoms with Crippen molar-refractivity contribution in [1.82, 2.24) is 25.1 Å². The van der Waals surface area contributed by atoms with Crippen LogP contribution in [-0.2, 0) is 22.7 Å². The normalized spacial score (nSPS) is 14.4. The third-order valence-corrected chi connectivity index (χ3v) is 4.77. The highest BCUT2D eigenvalue weighted by Crippen LogP contribution is 2.26. The lowest BCUT2D eigenvalue weighted by atomic mass is 10.1. The number of hydrogen-bond donors (Lipinski definition) is 0. The van der Waals surface area contributed by atoms with Crippen LogP contribution < -0.4 is 0 Å². The minimum Gasteiger partial charge on any atom is -0.456 e. The molecule has 1 atom stereocenters. The van der Waals surface area contributed by atoms with Crippen molar-refractivity contribution in [3.8, 4) is 0 Å². The van der Waals surface area contributed by atoms with E-state index in [-0.39, 0.29) is 12.4 Å². The van der Waals surface area contributed by atoms with Crippen LogP contribution in [0, 0.1) is 0 Å². The average molecular weight is 389 g/mol. The summed E-state index contributed by atoms with van der Waals surface area (Å²) in [6.07, 6.45) is 2.62. The number of rotatable bonds is 8. The molecule has 0 spiro atoms. The lowest BCUT2D eigenvalue weighted by Gasteiger charge is -2.23. The van der Waals surface area contributed by atoms with Crippen LogP contribution in [0.2, 0.25) is 0 Å². The summed E-state index contributed by atoms with van der Waals surface area (Å²) in [4.78, 5) is 39.0. The van der Waals surface area contributed by atoms with Crippen molar-refractivity contribution in [3.63, 3.8) is 0 Å². The van der Waals surface area contributed by atoms with E-state index >= 15 is 0 Å². The molecule has 1 aliphatic heterocycles. The molecule has 1 aromatic carbocycles. The van der Waals surface area contributed by atoms with Gasteiger partial charge in [-0.05, 0) is 35.2 Å². The first-order chi connectivity index (χ1) is 13.1. The molecule has 2 aromatic rings. The number of nitrogens with zero attached hydrogens (tertiary/aromatic N) is 5. The largest absolute Gasteiger partial charge is 0.456 e. The zero-order valence-electron chi connectivity index (χ0n) is 15.0. The standard InChI is InChI=1S/C17H19N5O4S/c1-3-8-21-14(18-19-20-21)9-26-17(25)13(10-27-2)22-15(23)11-6-4-5-7-12(11)16(22)24/h4-7,13H,3,8-10H2,1-2H3/t13-/m1/s1. The Labute approximate surface area is 160 Å². The zero-order chi connectivity index (χ0) is 19.4. The summed E-state index contributed by atoms with van der Waals surface area (Å²) in [6, 6.07) is 5.51. The SMILES string of the molecule is CCCn1nnnc1COC(=O)[C@@H](CSC)N1C(=O)c2ccccc2C1=O. The molecule has 9 nitrogen and oxygen atoms in total. The first-order valence-corrected chi connectivity index (χ1v) is 9.85. The summed E-state index contributed by atoms with van der Waals surface area (Å²) < 4.78 is 6.89. The van der Waals surface area contributed by atoms with Gasteiger partial charge in [0, 0.05) is 12.3 Å². The number of imide groups is 1. The smallest absolute Gasteiger partial charge is 0.330 e. The van der Waals surface area contributed by atoms with E-state index in [0.29, 0.717) is 23.5 Å². The summed E-state index contributed by atoms with van der Waals surface area (Å²) in [6.45, 7) is 2.46. The van der Waals surface area contributed by atoms with E-state index < -0.39 is 23.8 Å². The molecule has 0 bridgehead atoms. The van der Waals surface area contributed by atoms with Crippen molar-refractivity contribution in [2.45, 2.75) is 32.5 Å². The molecule has 2 heterocycles. The number of fused-ring (bicyclic) bond motifs is 1. The lowest BCUT2D eigenvalue weighted by Crippen LogP contribution is -2.47. The molecule has 2 amide bonds. The van der Waals surface area contributed by atoms with Gasteiger partial charge in [-0.15, -0.1) is 5.10 Å². The van der Waals surface area contributed by atoms with Gasteiger partial charge in [-0.25, -0.2) is 9.48 Å². The molecule has 0 fully saturated rings. The number of aromatic nitrogens is 4. The minimum atomic E-state index is -1.01. The number of tetrazole rings is 1. The molecule has 1 aliphatic rings. The number of hydrogen-bond acceptors (Lipinski definition) is 8. The van der Waals surface area contributed by atoms with Crippen LogP contribution in [0.1, 0.15) is 39.9 Å². The molecule has 10 heteroatoms. The number of benzene rings is 1. The Balaban J connectivity index is 1.75. The number of thioether (sulfide) groups is 1. The van der Waals surface area contributed by atoms with E-state index in [1.54, 1.807) is 35.2 Å². The van der Waals surface area contributed by atoms with E-state index in [4.69, 9.17) is 4.74 Å². The van der Waals surface area contributed by atoms with Gasteiger partial charge in [-0.2, -0.15) is 11.8 Å².